The van der Waals surface area contributed by atoms with E-state index in [1.54, 1.807) is 6.20 Å². The lowest BCUT2D eigenvalue weighted by atomic mass is 10.1. The molecule has 4 aromatic rings. The zero-order valence-electron chi connectivity index (χ0n) is 15.3. The Hall–Kier alpha value is -3.34. The van der Waals surface area contributed by atoms with Gasteiger partial charge in [0.1, 0.15) is 0 Å². The Kier molecular flexibility index (Phi) is 4.75. The normalized spacial score (nSPS) is 11.0. The zero-order chi connectivity index (χ0) is 18.6. The van der Waals surface area contributed by atoms with Gasteiger partial charge in [-0.2, -0.15) is 5.10 Å². The summed E-state index contributed by atoms with van der Waals surface area (Å²) in [7, 11) is 0. The fraction of sp³-hybridized carbons (Fsp3) is 0.182. The van der Waals surface area contributed by atoms with E-state index in [1.807, 2.05) is 42.1 Å². The quantitative estimate of drug-likeness (QED) is 0.553. The second-order valence-corrected chi connectivity index (χ2v) is 6.75. The fourth-order valence-electron chi connectivity index (χ4n) is 3.33. The average molecular weight is 358 g/mol. The third-order valence-electron chi connectivity index (χ3n) is 4.78. The highest BCUT2D eigenvalue weighted by Crippen LogP contribution is 2.22. The molecular formula is C22H22N4O. The summed E-state index contributed by atoms with van der Waals surface area (Å²) in [6, 6.07) is 18.3. The van der Waals surface area contributed by atoms with Crippen LogP contribution < -0.4 is 5.32 Å². The number of benzene rings is 2. The van der Waals surface area contributed by atoms with Crippen molar-refractivity contribution in [3.05, 3.63) is 89.4 Å². The summed E-state index contributed by atoms with van der Waals surface area (Å²) >= 11 is 0. The molecule has 2 N–H and O–H groups in total. The molecule has 5 heteroatoms. The van der Waals surface area contributed by atoms with Crippen LogP contribution in [0, 0.1) is 6.92 Å². The molecule has 2 aromatic carbocycles. The van der Waals surface area contributed by atoms with E-state index in [1.165, 1.54) is 5.56 Å². The molecule has 0 radical (unpaired) electrons. The van der Waals surface area contributed by atoms with Crippen LogP contribution in [-0.2, 0) is 24.3 Å². The maximum absolute atomic E-state index is 12.4. The Morgan fingerprint density at radius 1 is 1.07 bits per heavy atom. The summed E-state index contributed by atoms with van der Waals surface area (Å²) in [4.78, 5) is 15.8. The van der Waals surface area contributed by atoms with Gasteiger partial charge in [-0.25, -0.2) is 0 Å². The lowest BCUT2D eigenvalue weighted by Crippen LogP contribution is -2.24. The lowest BCUT2D eigenvalue weighted by Gasteiger charge is -2.07. The SMILES string of the molecule is Cc1[nH]c2ccccc2c1CC(=O)NCc1ccc(Cn2cccn2)cc1. The Morgan fingerprint density at radius 3 is 2.63 bits per heavy atom. The molecule has 0 saturated heterocycles. The maximum atomic E-state index is 12.4. The summed E-state index contributed by atoms with van der Waals surface area (Å²) in [6.07, 6.45) is 4.10. The number of aryl methyl sites for hydroxylation is 1. The van der Waals surface area contributed by atoms with Gasteiger partial charge in [0.2, 0.25) is 5.91 Å². The maximum Gasteiger partial charge on any atom is 0.224 e. The minimum atomic E-state index is 0.0310. The summed E-state index contributed by atoms with van der Waals surface area (Å²) in [5.41, 5.74) is 5.46. The molecule has 2 heterocycles. The molecule has 0 aliphatic rings. The van der Waals surface area contributed by atoms with Crippen molar-refractivity contribution < 1.29 is 4.79 Å². The number of carbonyl (C=O) groups is 1. The van der Waals surface area contributed by atoms with Crippen molar-refractivity contribution in [2.75, 3.05) is 0 Å². The molecule has 5 nitrogen and oxygen atoms in total. The van der Waals surface area contributed by atoms with Gasteiger partial charge >= 0.3 is 0 Å². The molecular weight excluding hydrogens is 336 g/mol. The largest absolute Gasteiger partial charge is 0.358 e. The number of aromatic amines is 1. The molecule has 0 aliphatic heterocycles. The molecule has 27 heavy (non-hydrogen) atoms. The first kappa shape index (κ1) is 17.1. The molecule has 0 aliphatic carbocycles. The van der Waals surface area contributed by atoms with Gasteiger partial charge in [-0.3, -0.25) is 9.48 Å². The number of nitrogens with zero attached hydrogens (tertiary/aromatic N) is 2. The number of hydrogen-bond acceptors (Lipinski definition) is 2. The van der Waals surface area contributed by atoms with E-state index in [2.05, 4.69) is 45.7 Å². The molecule has 0 saturated carbocycles. The highest BCUT2D eigenvalue weighted by atomic mass is 16.1. The van der Waals surface area contributed by atoms with Crippen LogP contribution >= 0.6 is 0 Å². The molecule has 136 valence electrons. The standard InChI is InChI=1S/C22H22N4O/c1-16-20(19-5-2-3-6-21(19)25-16)13-22(27)23-14-17-7-9-18(10-8-17)15-26-12-4-11-24-26/h2-12,25H,13-15H2,1H3,(H,23,27). The van der Waals surface area contributed by atoms with Gasteiger partial charge < -0.3 is 10.3 Å². The topological polar surface area (TPSA) is 62.7 Å². The molecule has 0 unspecified atom stereocenters. The second-order valence-electron chi connectivity index (χ2n) is 6.75. The van der Waals surface area contributed by atoms with Crippen molar-refractivity contribution in [3.63, 3.8) is 0 Å². The van der Waals surface area contributed by atoms with Crippen LogP contribution in [0.25, 0.3) is 10.9 Å². The third-order valence-corrected chi connectivity index (χ3v) is 4.78. The third kappa shape index (κ3) is 3.92. The Morgan fingerprint density at radius 2 is 1.85 bits per heavy atom. The molecule has 1 amide bonds. The van der Waals surface area contributed by atoms with Crippen molar-refractivity contribution >= 4 is 16.8 Å². The van der Waals surface area contributed by atoms with Crippen molar-refractivity contribution in [1.82, 2.24) is 20.1 Å². The zero-order valence-corrected chi connectivity index (χ0v) is 15.3. The van der Waals surface area contributed by atoms with E-state index < -0.39 is 0 Å². The summed E-state index contributed by atoms with van der Waals surface area (Å²) in [5.74, 6) is 0.0310. The molecule has 0 atom stereocenters. The predicted molar refractivity (Wildman–Crippen MR) is 106 cm³/mol. The van der Waals surface area contributed by atoms with Crippen molar-refractivity contribution in [1.29, 1.82) is 0 Å². The lowest BCUT2D eigenvalue weighted by molar-refractivity contribution is -0.120. The smallest absolute Gasteiger partial charge is 0.224 e. The number of aromatic nitrogens is 3. The number of carbonyl (C=O) groups excluding carboxylic acids is 1. The van der Waals surface area contributed by atoms with Gasteiger partial charge in [-0.1, -0.05) is 42.5 Å². The Bertz CT molecular complexity index is 1050. The minimum absolute atomic E-state index is 0.0310. The van der Waals surface area contributed by atoms with Crippen LogP contribution in [0.15, 0.2) is 67.0 Å². The molecule has 4 rings (SSSR count). The van der Waals surface area contributed by atoms with E-state index >= 15 is 0 Å². The first-order chi connectivity index (χ1) is 13.2. The van der Waals surface area contributed by atoms with Gasteiger partial charge in [0.05, 0.1) is 13.0 Å². The van der Waals surface area contributed by atoms with E-state index in [0.29, 0.717) is 13.0 Å². The highest BCUT2D eigenvalue weighted by molar-refractivity contribution is 5.90. The van der Waals surface area contributed by atoms with Crippen LogP contribution in [-0.4, -0.2) is 20.7 Å². The molecule has 0 fully saturated rings. The van der Waals surface area contributed by atoms with E-state index in [0.717, 1.165) is 34.3 Å². The number of hydrogen-bond donors (Lipinski definition) is 2. The Labute approximate surface area is 158 Å². The number of nitrogens with one attached hydrogen (secondary N) is 2. The Balaban J connectivity index is 1.35. The van der Waals surface area contributed by atoms with Crippen molar-refractivity contribution in [2.45, 2.75) is 26.4 Å². The summed E-state index contributed by atoms with van der Waals surface area (Å²) in [6.45, 7) is 3.29. The van der Waals surface area contributed by atoms with Crippen LogP contribution in [0.2, 0.25) is 0 Å². The van der Waals surface area contributed by atoms with E-state index in [4.69, 9.17) is 0 Å². The first-order valence-corrected chi connectivity index (χ1v) is 9.07. The van der Waals surface area contributed by atoms with E-state index in [-0.39, 0.29) is 5.91 Å². The number of fused-ring (bicyclic) bond motifs is 1. The van der Waals surface area contributed by atoms with Crippen molar-refractivity contribution in [3.8, 4) is 0 Å². The highest BCUT2D eigenvalue weighted by Gasteiger charge is 2.12. The predicted octanol–water partition coefficient (Wildman–Crippen LogP) is 3.58. The molecule has 0 bridgehead atoms. The van der Waals surface area contributed by atoms with Crippen LogP contribution in [0.5, 0.6) is 0 Å². The van der Waals surface area contributed by atoms with Gasteiger partial charge in [-0.05, 0) is 35.7 Å². The first-order valence-electron chi connectivity index (χ1n) is 9.07. The number of H-pyrrole nitrogens is 1. The van der Waals surface area contributed by atoms with E-state index in [9.17, 15) is 4.79 Å². The van der Waals surface area contributed by atoms with Crippen LogP contribution in [0.4, 0.5) is 0 Å². The monoisotopic (exact) mass is 358 g/mol. The fourth-order valence-corrected chi connectivity index (χ4v) is 3.33. The van der Waals surface area contributed by atoms with Crippen LogP contribution in [0.3, 0.4) is 0 Å². The minimum Gasteiger partial charge on any atom is -0.358 e. The molecule has 0 spiro atoms. The number of rotatable bonds is 6. The summed E-state index contributed by atoms with van der Waals surface area (Å²) < 4.78 is 1.89. The van der Waals surface area contributed by atoms with Gasteiger partial charge in [0.15, 0.2) is 0 Å². The number of amides is 1. The molecule has 2 aromatic heterocycles. The van der Waals surface area contributed by atoms with Gasteiger partial charge in [-0.15, -0.1) is 0 Å². The summed E-state index contributed by atoms with van der Waals surface area (Å²) in [5, 5.41) is 8.36. The number of para-hydroxylation sites is 1. The van der Waals surface area contributed by atoms with Crippen molar-refractivity contribution in [2.24, 2.45) is 0 Å². The van der Waals surface area contributed by atoms with Gasteiger partial charge in [0.25, 0.3) is 0 Å². The average Bonchev–Trinajstić information content (AvgIpc) is 3.29. The van der Waals surface area contributed by atoms with Gasteiger partial charge in [0, 0.05) is 35.5 Å². The van der Waals surface area contributed by atoms with Crippen LogP contribution in [0.1, 0.15) is 22.4 Å². The second kappa shape index (κ2) is 7.50.